The van der Waals surface area contributed by atoms with Crippen LogP contribution in [-0.2, 0) is 0 Å². The molecule has 0 unspecified atom stereocenters. The largest absolute Gasteiger partial charge is 0.371 e. The second kappa shape index (κ2) is 9.56. The quantitative estimate of drug-likeness (QED) is 0.637. The van der Waals surface area contributed by atoms with Gasteiger partial charge in [-0.3, -0.25) is 4.79 Å². The summed E-state index contributed by atoms with van der Waals surface area (Å²) in [7, 11) is 0. The number of halogens is 2. The monoisotopic (exact) mass is 416 g/mol. The third-order valence-electron chi connectivity index (χ3n) is 5.11. The summed E-state index contributed by atoms with van der Waals surface area (Å²) in [6, 6.07) is 7.68. The van der Waals surface area contributed by atoms with Crippen LogP contribution in [0.2, 0.25) is 0 Å². The van der Waals surface area contributed by atoms with Crippen molar-refractivity contribution in [2.24, 2.45) is 0 Å². The lowest BCUT2D eigenvalue weighted by atomic mass is 10.1. The lowest BCUT2D eigenvalue weighted by Gasteiger charge is -2.23. The Labute approximate surface area is 174 Å². The zero-order chi connectivity index (χ0) is 21.7. The lowest BCUT2D eigenvalue weighted by molar-refractivity contribution is 0.0939. The summed E-state index contributed by atoms with van der Waals surface area (Å²) in [5.74, 6) is -2.24. The summed E-state index contributed by atoms with van der Waals surface area (Å²) < 4.78 is 26.4. The van der Waals surface area contributed by atoms with Crippen LogP contribution in [0.1, 0.15) is 43.5 Å². The predicted octanol–water partition coefficient (Wildman–Crippen LogP) is 4.74. The first-order valence-corrected chi connectivity index (χ1v) is 10.1. The van der Waals surface area contributed by atoms with E-state index in [1.165, 1.54) is 6.07 Å². The van der Waals surface area contributed by atoms with E-state index in [-0.39, 0.29) is 17.6 Å². The minimum Gasteiger partial charge on any atom is -0.371 e. The number of nitrogens with zero attached hydrogens (tertiary/aromatic N) is 1. The molecule has 1 atom stereocenters. The van der Waals surface area contributed by atoms with E-state index in [0.717, 1.165) is 50.2 Å². The predicted molar refractivity (Wildman–Crippen MR) is 114 cm³/mol. The molecule has 1 saturated heterocycles. The molecular formula is C22H26F2N4O2. The first-order chi connectivity index (χ1) is 14.4. The molecule has 3 rings (SSSR count). The second-order valence-corrected chi connectivity index (χ2v) is 7.42. The van der Waals surface area contributed by atoms with Crippen molar-refractivity contribution in [2.45, 2.75) is 39.2 Å². The Kier molecular flexibility index (Phi) is 6.87. The Bertz CT molecular complexity index is 929. The number of hydrogen-bond donors (Lipinski definition) is 3. The van der Waals surface area contributed by atoms with E-state index in [2.05, 4.69) is 20.9 Å². The SMILES string of the molecule is CC[C@H](C)NC(=O)c1cc(NC(=O)Nc2ccc(F)c(F)c2)ccc1N1CCCC1. The van der Waals surface area contributed by atoms with Gasteiger partial charge >= 0.3 is 6.03 Å². The first-order valence-electron chi connectivity index (χ1n) is 10.1. The van der Waals surface area contributed by atoms with Crippen molar-refractivity contribution in [1.82, 2.24) is 5.32 Å². The van der Waals surface area contributed by atoms with Crippen LogP contribution in [0, 0.1) is 11.6 Å². The first kappa shape index (κ1) is 21.5. The molecule has 2 aromatic rings. The number of urea groups is 1. The number of benzene rings is 2. The molecule has 2 aromatic carbocycles. The Morgan fingerprint density at radius 1 is 1.00 bits per heavy atom. The molecule has 0 spiro atoms. The molecule has 1 aliphatic rings. The summed E-state index contributed by atoms with van der Waals surface area (Å²) in [5, 5.41) is 8.06. The molecule has 160 valence electrons. The summed E-state index contributed by atoms with van der Waals surface area (Å²) >= 11 is 0. The van der Waals surface area contributed by atoms with Crippen LogP contribution in [0.25, 0.3) is 0 Å². The maximum Gasteiger partial charge on any atom is 0.323 e. The zero-order valence-corrected chi connectivity index (χ0v) is 17.1. The fourth-order valence-corrected chi connectivity index (χ4v) is 3.30. The molecule has 30 heavy (non-hydrogen) atoms. The van der Waals surface area contributed by atoms with Gasteiger partial charge in [-0.25, -0.2) is 13.6 Å². The van der Waals surface area contributed by atoms with Gasteiger partial charge in [-0.2, -0.15) is 0 Å². The van der Waals surface area contributed by atoms with E-state index in [4.69, 9.17) is 0 Å². The van der Waals surface area contributed by atoms with Crippen molar-refractivity contribution in [2.75, 3.05) is 28.6 Å². The molecule has 6 nitrogen and oxygen atoms in total. The smallest absolute Gasteiger partial charge is 0.323 e. The minimum absolute atomic E-state index is 0.0252. The molecule has 1 aliphatic heterocycles. The van der Waals surface area contributed by atoms with Gasteiger partial charge in [-0.05, 0) is 56.5 Å². The fourth-order valence-electron chi connectivity index (χ4n) is 3.30. The van der Waals surface area contributed by atoms with E-state index < -0.39 is 17.7 Å². The van der Waals surface area contributed by atoms with Gasteiger partial charge in [0.05, 0.1) is 5.56 Å². The van der Waals surface area contributed by atoms with Crippen molar-refractivity contribution in [1.29, 1.82) is 0 Å². The Hall–Kier alpha value is -3.16. The number of rotatable bonds is 6. The van der Waals surface area contributed by atoms with E-state index in [1.807, 2.05) is 19.9 Å². The number of carbonyl (C=O) groups is 2. The maximum absolute atomic E-state index is 13.3. The molecule has 0 aromatic heterocycles. The van der Waals surface area contributed by atoms with Gasteiger partial charge in [0.15, 0.2) is 11.6 Å². The van der Waals surface area contributed by atoms with Crippen LogP contribution in [0.3, 0.4) is 0 Å². The Balaban J connectivity index is 1.78. The molecule has 1 heterocycles. The second-order valence-electron chi connectivity index (χ2n) is 7.42. The average molecular weight is 416 g/mol. The highest BCUT2D eigenvalue weighted by Gasteiger charge is 2.21. The van der Waals surface area contributed by atoms with E-state index >= 15 is 0 Å². The summed E-state index contributed by atoms with van der Waals surface area (Å²) in [6.07, 6.45) is 2.95. The van der Waals surface area contributed by atoms with E-state index in [1.54, 1.807) is 12.1 Å². The summed E-state index contributed by atoms with van der Waals surface area (Å²) in [4.78, 5) is 27.3. The standard InChI is InChI=1S/C22H26F2N4O2/c1-3-14(2)25-21(29)17-12-15(7-9-20(17)28-10-4-5-11-28)26-22(30)27-16-6-8-18(23)19(24)13-16/h6-9,12-14H,3-5,10-11H2,1-2H3,(H,25,29)(H2,26,27,30)/t14-/m0/s1. The van der Waals surface area contributed by atoms with Gasteiger partial charge < -0.3 is 20.9 Å². The van der Waals surface area contributed by atoms with Gasteiger partial charge in [0, 0.05) is 42.3 Å². The van der Waals surface area contributed by atoms with Crippen LogP contribution in [-0.4, -0.2) is 31.1 Å². The molecule has 3 N–H and O–H groups in total. The van der Waals surface area contributed by atoms with Crippen molar-refractivity contribution in [3.05, 3.63) is 53.6 Å². The number of amides is 3. The van der Waals surface area contributed by atoms with Crippen molar-refractivity contribution >= 4 is 29.0 Å². The maximum atomic E-state index is 13.3. The molecule has 8 heteroatoms. The van der Waals surface area contributed by atoms with Crippen LogP contribution in [0.5, 0.6) is 0 Å². The molecule has 0 radical (unpaired) electrons. The highest BCUT2D eigenvalue weighted by molar-refractivity contribution is 6.04. The normalized spacial score (nSPS) is 14.3. The Morgan fingerprint density at radius 2 is 1.63 bits per heavy atom. The number of nitrogens with one attached hydrogen (secondary N) is 3. The van der Waals surface area contributed by atoms with Crippen molar-refractivity contribution in [3.8, 4) is 0 Å². The third kappa shape index (κ3) is 5.25. The van der Waals surface area contributed by atoms with E-state index in [9.17, 15) is 18.4 Å². The number of anilines is 3. The number of carbonyl (C=O) groups excluding carboxylic acids is 2. The van der Waals surface area contributed by atoms with Gasteiger partial charge in [0.1, 0.15) is 0 Å². The van der Waals surface area contributed by atoms with Crippen LogP contribution >= 0.6 is 0 Å². The molecule has 0 aliphatic carbocycles. The van der Waals surface area contributed by atoms with Gasteiger partial charge in [-0.1, -0.05) is 6.92 Å². The Morgan fingerprint density at radius 3 is 2.27 bits per heavy atom. The number of hydrogen-bond acceptors (Lipinski definition) is 3. The molecule has 3 amide bonds. The molecule has 0 saturated carbocycles. The lowest BCUT2D eigenvalue weighted by Crippen LogP contribution is -2.33. The minimum atomic E-state index is -1.05. The van der Waals surface area contributed by atoms with Crippen molar-refractivity contribution < 1.29 is 18.4 Å². The van der Waals surface area contributed by atoms with Crippen LogP contribution < -0.4 is 20.9 Å². The van der Waals surface area contributed by atoms with Crippen molar-refractivity contribution in [3.63, 3.8) is 0 Å². The zero-order valence-electron chi connectivity index (χ0n) is 17.1. The summed E-state index contributed by atoms with van der Waals surface area (Å²) in [6.45, 7) is 5.69. The van der Waals surface area contributed by atoms with Crippen LogP contribution in [0.15, 0.2) is 36.4 Å². The highest BCUT2D eigenvalue weighted by Crippen LogP contribution is 2.28. The molecule has 0 bridgehead atoms. The topological polar surface area (TPSA) is 73.5 Å². The third-order valence-corrected chi connectivity index (χ3v) is 5.11. The summed E-state index contributed by atoms with van der Waals surface area (Å²) in [5.41, 5.74) is 1.87. The molecular weight excluding hydrogens is 390 g/mol. The average Bonchev–Trinajstić information content (AvgIpc) is 3.25. The molecule has 1 fully saturated rings. The highest BCUT2D eigenvalue weighted by atomic mass is 19.2. The fraction of sp³-hybridized carbons (Fsp3) is 0.364. The van der Waals surface area contributed by atoms with Gasteiger partial charge in [-0.15, -0.1) is 0 Å². The van der Waals surface area contributed by atoms with Gasteiger partial charge in [0.2, 0.25) is 0 Å². The van der Waals surface area contributed by atoms with Crippen LogP contribution in [0.4, 0.5) is 30.6 Å². The van der Waals surface area contributed by atoms with E-state index in [0.29, 0.717) is 11.3 Å². The van der Waals surface area contributed by atoms with Gasteiger partial charge in [0.25, 0.3) is 5.91 Å².